The van der Waals surface area contributed by atoms with Gasteiger partial charge in [0.1, 0.15) is 5.75 Å². The van der Waals surface area contributed by atoms with E-state index in [1.165, 1.54) is 19.3 Å². The summed E-state index contributed by atoms with van der Waals surface area (Å²) in [7, 11) is 1.93. The minimum absolute atomic E-state index is 0.112. The second kappa shape index (κ2) is 7.37. The largest absolute Gasteiger partial charge is 0.493 e. The van der Waals surface area contributed by atoms with Crippen LogP contribution in [0.2, 0.25) is 0 Å². The lowest BCUT2D eigenvalue weighted by molar-refractivity contribution is 0.180. The van der Waals surface area contributed by atoms with Crippen LogP contribution in [0.25, 0.3) is 27.8 Å². The number of hydrogen-bond acceptors (Lipinski definition) is 4. The van der Waals surface area contributed by atoms with Gasteiger partial charge in [0.05, 0.1) is 42.0 Å². The SMILES string of the molecule is Cn1ncc2cccc(-n3nc(CO)cc3-c3cccc(OCC4CCC4)c3)c21. The monoisotopic (exact) mass is 388 g/mol. The van der Waals surface area contributed by atoms with Gasteiger partial charge < -0.3 is 9.84 Å². The summed E-state index contributed by atoms with van der Waals surface area (Å²) in [6, 6.07) is 16.1. The van der Waals surface area contributed by atoms with E-state index in [0.29, 0.717) is 11.6 Å². The molecule has 1 aliphatic rings. The van der Waals surface area contributed by atoms with Crippen molar-refractivity contribution in [2.75, 3.05) is 6.61 Å². The maximum atomic E-state index is 9.71. The van der Waals surface area contributed by atoms with Crippen molar-refractivity contribution in [2.24, 2.45) is 13.0 Å². The summed E-state index contributed by atoms with van der Waals surface area (Å²) in [5.41, 5.74) is 4.47. The lowest BCUT2D eigenvalue weighted by Gasteiger charge is -2.25. The molecule has 0 amide bonds. The van der Waals surface area contributed by atoms with Crippen LogP contribution in [0.15, 0.2) is 54.7 Å². The van der Waals surface area contributed by atoms with Gasteiger partial charge >= 0.3 is 0 Å². The molecule has 0 bridgehead atoms. The van der Waals surface area contributed by atoms with Crippen LogP contribution in [-0.4, -0.2) is 31.3 Å². The number of aliphatic hydroxyl groups is 1. The van der Waals surface area contributed by atoms with E-state index in [-0.39, 0.29) is 6.61 Å². The molecular formula is C23H24N4O2. The van der Waals surface area contributed by atoms with Crippen molar-refractivity contribution in [1.82, 2.24) is 19.6 Å². The highest BCUT2D eigenvalue weighted by molar-refractivity contribution is 5.87. The number of ether oxygens (including phenoxy) is 1. The third-order valence-electron chi connectivity index (χ3n) is 5.73. The van der Waals surface area contributed by atoms with Gasteiger partial charge in [0.25, 0.3) is 0 Å². The fourth-order valence-corrected chi connectivity index (χ4v) is 3.90. The zero-order valence-corrected chi connectivity index (χ0v) is 16.5. The van der Waals surface area contributed by atoms with Crippen molar-refractivity contribution >= 4 is 10.9 Å². The predicted octanol–water partition coefficient (Wildman–Crippen LogP) is 4.10. The van der Waals surface area contributed by atoms with Gasteiger partial charge in [0.2, 0.25) is 0 Å². The Hall–Kier alpha value is -3.12. The number of nitrogens with zero attached hydrogens (tertiary/aromatic N) is 4. The number of benzene rings is 2. The summed E-state index contributed by atoms with van der Waals surface area (Å²) in [5.74, 6) is 1.55. The first-order chi connectivity index (χ1) is 14.2. The molecule has 0 aliphatic heterocycles. The van der Waals surface area contributed by atoms with Crippen LogP contribution in [0.1, 0.15) is 25.0 Å². The van der Waals surface area contributed by atoms with Gasteiger partial charge in [-0.1, -0.05) is 30.7 Å². The minimum Gasteiger partial charge on any atom is -0.493 e. The molecule has 1 aliphatic carbocycles. The Kier molecular flexibility index (Phi) is 4.56. The average Bonchev–Trinajstić information content (AvgIpc) is 3.31. The lowest BCUT2D eigenvalue weighted by atomic mass is 9.86. The molecule has 1 fully saturated rings. The van der Waals surface area contributed by atoms with E-state index >= 15 is 0 Å². The molecule has 1 saturated carbocycles. The highest BCUT2D eigenvalue weighted by atomic mass is 16.5. The van der Waals surface area contributed by atoms with Gasteiger partial charge in [-0.05, 0) is 43.0 Å². The van der Waals surface area contributed by atoms with Crippen molar-refractivity contribution in [3.05, 3.63) is 60.4 Å². The van der Waals surface area contributed by atoms with E-state index in [2.05, 4.69) is 16.3 Å². The molecule has 0 saturated heterocycles. The molecule has 2 aromatic heterocycles. The molecule has 0 atom stereocenters. The number of hydrogen-bond donors (Lipinski definition) is 1. The average molecular weight is 388 g/mol. The fourth-order valence-electron chi connectivity index (χ4n) is 3.90. The van der Waals surface area contributed by atoms with E-state index in [9.17, 15) is 5.11 Å². The van der Waals surface area contributed by atoms with Crippen molar-refractivity contribution in [2.45, 2.75) is 25.9 Å². The van der Waals surface area contributed by atoms with Crippen LogP contribution in [0.4, 0.5) is 0 Å². The summed E-state index contributed by atoms with van der Waals surface area (Å²) >= 11 is 0. The van der Waals surface area contributed by atoms with Crippen molar-refractivity contribution in [1.29, 1.82) is 0 Å². The molecular weight excluding hydrogens is 364 g/mol. The van der Waals surface area contributed by atoms with Crippen LogP contribution in [-0.2, 0) is 13.7 Å². The molecule has 29 heavy (non-hydrogen) atoms. The fraction of sp³-hybridized carbons (Fsp3) is 0.304. The Morgan fingerprint density at radius 1 is 1.14 bits per heavy atom. The second-order valence-electron chi connectivity index (χ2n) is 7.71. The molecule has 6 heteroatoms. The van der Waals surface area contributed by atoms with E-state index in [1.54, 1.807) is 0 Å². The molecule has 4 aromatic rings. The Morgan fingerprint density at radius 2 is 2.00 bits per heavy atom. The van der Waals surface area contributed by atoms with Crippen LogP contribution in [0, 0.1) is 5.92 Å². The molecule has 5 rings (SSSR count). The Labute approximate surface area is 169 Å². The molecule has 148 valence electrons. The summed E-state index contributed by atoms with van der Waals surface area (Å²) in [6.07, 6.45) is 5.70. The van der Waals surface area contributed by atoms with Crippen LogP contribution in [0.5, 0.6) is 5.75 Å². The van der Waals surface area contributed by atoms with Gasteiger partial charge in [-0.15, -0.1) is 0 Å². The number of aryl methyl sites for hydroxylation is 1. The minimum atomic E-state index is -0.112. The van der Waals surface area contributed by atoms with Crippen LogP contribution in [0.3, 0.4) is 0 Å². The molecule has 2 heterocycles. The van der Waals surface area contributed by atoms with Crippen molar-refractivity contribution in [3.8, 4) is 22.7 Å². The normalized spacial score (nSPS) is 14.3. The first-order valence-corrected chi connectivity index (χ1v) is 10.1. The first-order valence-electron chi connectivity index (χ1n) is 10.1. The highest BCUT2D eigenvalue weighted by Crippen LogP contribution is 2.31. The Balaban J connectivity index is 1.57. The van der Waals surface area contributed by atoms with Crippen molar-refractivity contribution < 1.29 is 9.84 Å². The van der Waals surface area contributed by atoms with E-state index < -0.39 is 0 Å². The van der Waals surface area contributed by atoms with Crippen LogP contribution >= 0.6 is 0 Å². The third kappa shape index (κ3) is 3.29. The third-order valence-corrected chi connectivity index (χ3v) is 5.73. The molecule has 0 spiro atoms. The summed E-state index contributed by atoms with van der Waals surface area (Å²) in [6.45, 7) is 0.665. The second-order valence-corrected chi connectivity index (χ2v) is 7.71. The topological polar surface area (TPSA) is 65.1 Å². The first kappa shape index (κ1) is 17.9. The maximum Gasteiger partial charge on any atom is 0.119 e. The van der Waals surface area contributed by atoms with Crippen molar-refractivity contribution in [3.63, 3.8) is 0 Å². The lowest BCUT2D eigenvalue weighted by Crippen LogP contribution is -2.19. The van der Waals surface area contributed by atoms with Crippen LogP contribution < -0.4 is 4.74 Å². The number of fused-ring (bicyclic) bond motifs is 1. The molecule has 0 radical (unpaired) electrons. The number of aromatic nitrogens is 4. The van der Waals surface area contributed by atoms with Gasteiger partial charge in [-0.25, -0.2) is 4.68 Å². The zero-order valence-electron chi connectivity index (χ0n) is 16.5. The molecule has 2 aromatic carbocycles. The molecule has 0 unspecified atom stereocenters. The zero-order chi connectivity index (χ0) is 19.8. The number of para-hydroxylation sites is 1. The predicted molar refractivity (Wildman–Crippen MR) is 112 cm³/mol. The van der Waals surface area contributed by atoms with E-state index in [4.69, 9.17) is 4.74 Å². The van der Waals surface area contributed by atoms with Gasteiger partial charge in [0.15, 0.2) is 0 Å². The number of aliphatic hydroxyl groups excluding tert-OH is 1. The molecule has 6 nitrogen and oxygen atoms in total. The van der Waals surface area contributed by atoms with Gasteiger partial charge in [-0.2, -0.15) is 10.2 Å². The van der Waals surface area contributed by atoms with E-state index in [1.807, 2.05) is 65.1 Å². The summed E-state index contributed by atoms with van der Waals surface area (Å²) in [5, 5.41) is 19.8. The quantitative estimate of drug-likeness (QED) is 0.540. The summed E-state index contributed by atoms with van der Waals surface area (Å²) < 4.78 is 9.78. The van der Waals surface area contributed by atoms with Gasteiger partial charge in [0, 0.05) is 18.0 Å². The van der Waals surface area contributed by atoms with Gasteiger partial charge in [-0.3, -0.25) is 4.68 Å². The standard InChI is InChI=1S/C23H24N4O2/c1-26-23-18(13-24-26)8-4-10-21(23)27-22(12-19(14-28)25-27)17-7-3-9-20(11-17)29-15-16-5-2-6-16/h3-4,7-13,16,28H,2,5-6,14-15H2,1H3. The maximum absolute atomic E-state index is 9.71. The highest BCUT2D eigenvalue weighted by Gasteiger charge is 2.19. The number of rotatable bonds is 6. The Morgan fingerprint density at radius 3 is 2.79 bits per heavy atom. The smallest absolute Gasteiger partial charge is 0.119 e. The molecule has 1 N–H and O–H groups in total. The Bertz CT molecular complexity index is 1160. The van der Waals surface area contributed by atoms with E-state index in [0.717, 1.165) is 40.2 Å². The summed E-state index contributed by atoms with van der Waals surface area (Å²) in [4.78, 5) is 0.